The average Bonchev–Trinajstić information content (AvgIpc) is 2.50. The van der Waals surface area contributed by atoms with E-state index >= 15 is 0 Å². The van der Waals surface area contributed by atoms with Crippen molar-refractivity contribution in [3.8, 4) is 0 Å². The van der Waals surface area contributed by atoms with Gasteiger partial charge in [-0.1, -0.05) is 24.3 Å². The lowest BCUT2D eigenvalue weighted by molar-refractivity contribution is -0.131. The Labute approximate surface area is 121 Å². The smallest absolute Gasteiger partial charge is 0.229 e. The molecule has 1 unspecified atom stereocenters. The van der Waals surface area contributed by atoms with E-state index in [1.165, 1.54) is 11.1 Å². The van der Waals surface area contributed by atoms with E-state index in [9.17, 15) is 4.79 Å². The molecule has 0 saturated carbocycles. The standard InChI is InChI=1S/C17H25NO2/c1-18(12-5-2-6-13-19)17(20)16-11-7-9-14-8-3-4-10-15(14)16/h3-4,8,10,16,19H,2,5-7,9,11-13H2,1H3. The Morgan fingerprint density at radius 1 is 1.30 bits per heavy atom. The lowest BCUT2D eigenvalue weighted by Crippen LogP contribution is -2.34. The topological polar surface area (TPSA) is 40.5 Å². The Bertz CT molecular complexity index is 444. The molecule has 0 spiro atoms. The summed E-state index contributed by atoms with van der Waals surface area (Å²) in [4.78, 5) is 14.5. The molecule has 110 valence electrons. The lowest BCUT2D eigenvalue weighted by Gasteiger charge is -2.28. The zero-order valence-electron chi connectivity index (χ0n) is 12.3. The molecule has 0 heterocycles. The molecule has 1 amide bonds. The number of aliphatic hydroxyl groups excluding tert-OH is 1. The minimum absolute atomic E-state index is 0.0443. The molecule has 0 fully saturated rings. The Kier molecular flexibility index (Phi) is 5.60. The van der Waals surface area contributed by atoms with E-state index in [0.29, 0.717) is 0 Å². The van der Waals surface area contributed by atoms with Crippen LogP contribution in [0.3, 0.4) is 0 Å². The number of fused-ring (bicyclic) bond motifs is 1. The van der Waals surface area contributed by atoms with E-state index in [2.05, 4.69) is 18.2 Å². The Balaban J connectivity index is 1.96. The van der Waals surface area contributed by atoms with E-state index in [4.69, 9.17) is 5.11 Å². The highest BCUT2D eigenvalue weighted by Crippen LogP contribution is 2.32. The highest BCUT2D eigenvalue weighted by atomic mass is 16.2. The maximum Gasteiger partial charge on any atom is 0.229 e. The van der Waals surface area contributed by atoms with Gasteiger partial charge in [-0.2, -0.15) is 0 Å². The van der Waals surface area contributed by atoms with E-state index in [0.717, 1.165) is 45.1 Å². The maximum absolute atomic E-state index is 12.6. The molecule has 0 aliphatic heterocycles. The van der Waals surface area contributed by atoms with Gasteiger partial charge in [-0.25, -0.2) is 0 Å². The van der Waals surface area contributed by atoms with Crippen LogP contribution in [0, 0.1) is 0 Å². The third-order valence-corrected chi connectivity index (χ3v) is 4.20. The predicted molar refractivity (Wildman–Crippen MR) is 80.7 cm³/mol. The molecule has 1 N–H and O–H groups in total. The van der Waals surface area contributed by atoms with Crippen LogP contribution in [-0.2, 0) is 11.2 Å². The van der Waals surface area contributed by atoms with Crippen molar-refractivity contribution in [1.29, 1.82) is 0 Å². The van der Waals surface area contributed by atoms with Crippen molar-refractivity contribution in [1.82, 2.24) is 4.90 Å². The maximum atomic E-state index is 12.6. The van der Waals surface area contributed by atoms with Gasteiger partial charge in [-0.3, -0.25) is 4.79 Å². The van der Waals surface area contributed by atoms with Crippen LogP contribution in [0.5, 0.6) is 0 Å². The molecule has 2 rings (SSSR count). The molecule has 1 aliphatic rings. The molecule has 3 nitrogen and oxygen atoms in total. The molecule has 1 aromatic carbocycles. The fourth-order valence-corrected chi connectivity index (χ4v) is 3.02. The Morgan fingerprint density at radius 2 is 2.10 bits per heavy atom. The van der Waals surface area contributed by atoms with Crippen LogP contribution in [0.4, 0.5) is 0 Å². The summed E-state index contributed by atoms with van der Waals surface area (Å²) in [7, 11) is 1.90. The van der Waals surface area contributed by atoms with Crippen LogP contribution in [-0.4, -0.2) is 36.1 Å². The second-order valence-corrected chi connectivity index (χ2v) is 5.69. The van der Waals surface area contributed by atoms with Crippen LogP contribution >= 0.6 is 0 Å². The summed E-state index contributed by atoms with van der Waals surface area (Å²) < 4.78 is 0. The minimum atomic E-state index is 0.0443. The number of aliphatic hydroxyl groups is 1. The van der Waals surface area contributed by atoms with Crippen molar-refractivity contribution in [3.05, 3.63) is 35.4 Å². The zero-order valence-corrected chi connectivity index (χ0v) is 12.3. The van der Waals surface area contributed by atoms with E-state index in [1.807, 2.05) is 18.0 Å². The van der Waals surface area contributed by atoms with Crippen LogP contribution < -0.4 is 0 Å². The van der Waals surface area contributed by atoms with Crippen molar-refractivity contribution >= 4 is 5.91 Å². The summed E-state index contributed by atoms with van der Waals surface area (Å²) >= 11 is 0. The average molecular weight is 275 g/mol. The van der Waals surface area contributed by atoms with Crippen LogP contribution in [0.1, 0.15) is 49.1 Å². The quantitative estimate of drug-likeness (QED) is 0.811. The summed E-state index contributed by atoms with van der Waals surface area (Å²) in [5, 5.41) is 8.77. The summed E-state index contributed by atoms with van der Waals surface area (Å²) in [5.41, 5.74) is 2.57. The van der Waals surface area contributed by atoms with Gasteiger partial charge in [0.2, 0.25) is 5.91 Å². The summed E-state index contributed by atoms with van der Waals surface area (Å²) in [6.45, 7) is 1.03. The van der Waals surface area contributed by atoms with Crippen LogP contribution in [0.2, 0.25) is 0 Å². The molecule has 1 atom stereocenters. The van der Waals surface area contributed by atoms with Gasteiger partial charge in [0.1, 0.15) is 0 Å². The first kappa shape index (κ1) is 15.0. The molecule has 1 aromatic rings. The van der Waals surface area contributed by atoms with Crippen molar-refractivity contribution in [2.45, 2.75) is 44.4 Å². The van der Waals surface area contributed by atoms with Gasteiger partial charge >= 0.3 is 0 Å². The largest absolute Gasteiger partial charge is 0.396 e. The number of amides is 1. The fourth-order valence-electron chi connectivity index (χ4n) is 3.02. The molecule has 0 aromatic heterocycles. The van der Waals surface area contributed by atoms with Gasteiger partial charge in [0, 0.05) is 20.2 Å². The molecule has 0 radical (unpaired) electrons. The van der Waals surface area contributed by atoms with E-state index in [-0.39, 0.29) is 18.4 Å². The van der Waals surface area contributed by atoms with E-state index < -0.39 is 0 Å². The number of carbonyl (C=O) groups is 1. The summed E-state index contributed by atoms with van der Waals surface area (Å²) in [5.74, 6) is 0.295. The fraction of sp³-hybridized carbons (Fsp3) is 0.588. The number of unbranched alkanes of at least 4 members (excludes halogenated alkanes) is 2. The van der Waals surface area contributed by atoms with Gasteiger partial charge in [0.15, 0.2) is 0 Å². The lowest BCUT2D eigenvalue weighted by atomic mass is 9.82. The second-order valence-electron chi connectivity index (χ2n) is 5.69. The van der Waals surface area contributed by atoms with Crippen LogP contribution in [0.25, 0.3) is 0 Å². The predicted octanol–water partition coefficient (Wildman–Crippen LogP) is 2.73. The number of rotatable bonds is 6. The first-order valence-electron chi connectivity index (χ1n) is 7.67. The zero-order chi connectivity index (χ0) is 14.4. The Hall–Kier alpha value is -1.35. The highest BCUT2D eigenvalue weighted by molar-refractivity contribution is 5.84. The van der Waals surface area contributed by atoms with Gasteiger partial charge in [0.05, 0.1) is 5.92 Å². The molecule has 3 heteroatoms. The number of carbonyl (C=O) groups excluding carboxylic acids is 1. The third kappa shape index (κ3) is 3.60. The highest BCUT2D eigenvalue weighted by Gasteiger charge is 2.27. The molecule has 1 aliphatic carbocycles. The second kappa shape index (κ2) is 7.44. The van der Waals surface area contributed by atoms with Crippen LogP contribution in [0.15, 0.2) is 24.3 Å². The minimum Gasteiger partial charge on any atom is -0.396 e. The number of likely N-dealkylation sites (N-methyl/N-ethyl adjacent to an activating group) is 1. The first-order chi connectivity index (χ1) is 9.74. The molecule has 0 saturated heterocycles. The SMILES string of the molecule is CN(CCCCCO)C(=O)C1CCCc2ccccc21. The van der Waals surface area contributed by atoms with Crippen molar-refractivity contribution in [2.75, 3.05) is 20.2 Å². The van der Waals surface area contributed by atoms with Gasteiger partial charge in [-0.05, 0) is 49.7 Å². The van der Waals surface area contributed by atoms with Gasteiger partial charge < -0.3 is 10.0 Å². The number of benzene rings is 1. The van der Waals surface area contributed by atoms with E-state index in [1.54, 1.807) is 0 Å². The first-order valence-corrected chi connectivity index (χ1v) is 7.67. The summed E-state index contributed by atoms with van der Waals surface area (Å²) in [6, 6.07) is 8.35. The Morgan fingerprint density at radius 3 is 2.90 bits per heavy atom. The summed E-state index contributed by atoms with van der Waals surface area (Å²) in [6.07, 6.45) is 5.95. The molecule has 20 heavy (non-hydrogen) atoms. The molecular formula is C17H25NO2. The number of aryl methyl sites for hydroxylation is 1. The monoisotopic (exact) mass is 275 g/mol. The van der Waals surface area contributed by atoms with Crippen molar-refractivity contribution in [2.24, 2.45) is 0 Å². The number of hydrogen-bond donors (Lipinski definition) is 1. The molecule has 0 bridgehead atoms. The number of nitrogens with zero attached hydrogens (tertiary/aromatic N) is 1. The van der Waals surface area contributed by atoms with Crippen molar-refractivity contribution in [3.63, 3.8) is 0 Å². The third-order valence-electron chi connectivity index (χ3n) is 4.20. The van der Waals surface area contributed by atoms with Crippen molar-refractivity contribution < 1.29 is 9.90 Å². The van der Waals surface area contributed by atoms with Gasteiger partial charge in [-0.15, -0.1) is 0 Å². The van der Waals surface area contributed by atoms with Gasteiger partial charge in [0.25, 0.3) is 0 Å². The molecular weight excluding hydrogens is 250 g/mol. The number of hydrogen-bond acceptors (Lipinski definition) is 2. The normalized spacial score (nSPS) is 17.6.